The van der Waals surface area contributed by atoms with E-state index in [0.717, 1.165) is 18.7 Å². The number of hydrogen-bond donors (Lipinski definition) is 0. The van der Waals surface area contributed by atoms with E-state index in [1.54, 1.807) is 0 Å². The summed E-state index contributed by atoms with van der Waals surface area (Å²) < 4.78 is 0. The summed E-state index contributed by atoms with van der Waals surface area (Å²) in [7, 11) is 0. The molecule has 0 N–H and O–H groups in total. The smallest absolute Gasteiger partial charge is 0.182 e. The first-order chi connectivity index (χ1) is 8.43. The molecule has 1 aromatic carbocycles. The number of Topliss-reactive ketones (excluding diaryl/α,β-unsaturated/α-hetero) is 1. The van der Waals surface area contributed by atoms with Gasteiger partial charge in [0.15, 0.2) is 5.78 Å². The minimum Gasteiger partial charge on any atom is -0.292 e. The maximum atomic E-state index is 12.7. The lowest BCUT2D eigenvalue weighted by molar-refractivity contribution is 0.0702. The highest BCUT2D eigenvalue weighted by Crippen LogP contribution is 2.25. The van der Waals surface area contributed by atoms with Crippen molar-refractivity contribution in [3.63, 3.8) is 0 Å². The molecular weight excluding hydrogens is 222 g/mol. The molecule has 18 heavy (non-hydrogen) atoms. The van der Waals surface area contributed by atoms with Crippen LogP contribution in [0.15, 0.2) is 18.2 Å². The van der Waals surface area contributed by atoms with E-state index in [-0.39, 0.29) is 11.3 Å². The number of rotatable bonds is 3. The molecule has 0 aromatic heterocycles. The van der Waals surface area contributed by atoms with E-state index in [2.05, 4.69) is 32.6 Å². The molecule has 0 spiro atoms. The van der Waals surface area contributed by atoms with Gasteiger partial charge in [0.2, 0.25) is 0 Å². The highest BCUT2D eigenvalue weighted by atomic mass is 16.1. The van der Waals surface area contributed by atoms with Crippen LogP contribution in [0, 0.1) is 13.8 Å². The summed E-state index contributed by atoms with van der Waals surface area (Å²) in [5.41, 5.74) is 2.90. The predicted molar refractivity (Wildman–Crippen MR) is 75.1 cm³/mol. The fraction of sp³-hybridized carbons (Fsp3) is 0.562. The number of benzene rings is 1. The van der Waals surface area contributed by atoms with E-state index in [1.807, 2.05) is 18.2 Å². The Bertz CT molecular complexity index is 456. The van der Waals surface area contributed by atoms with Crippen molar-refractivity contribution in [2.24, 2.45) is 0 Å². The van der Waals surface area contributed by atoms with Gasteiger partial charge in [-0.05, 0) is 70.8 Å². The highest BCUT2D eigenvalue weighted by molar-refractivity contribution is 6.02. The lowest BCUT2D eigenvalue weighted by Gasteiger charge is -2.34. The maximum absolute atomic E-state index is 12.7. The topological polar surface area (TPSA) is 20.3 Å². The van der Waals surface area contributed by atoms with E-state index in [0.29, 0.717) is 0 Å². The van der Waals surface area contributed by atoms with Gasteiger partial charge in [-0.25, -0.2) is 0 Å². The molecule has 0 atom stereocenters. The van der Waals surface area contributed by atoms with Gasteiger partial charge in [0, 0.05) is 5.56 Å². The molecule has 2 heteroatoms. The lowest BCUT2D eigenvalue weighted by atomic mass is 9.90. The third-order valence-corrected chi connectivity index (χ3v) is 4.22. The van der Waals surface area contributed by atoms with Crippen LogP contribution in [0.4, 0.5) is 0 Å². The molecular formula is C16H23NO. The van der Waals surface area contributed by atoms with E-state index in [1.165, 1.54) is 24.0 Å². The van der Waals surface area contributed by atoms with Crippen molar-refractivity contribution in [3.05, 3.63) is 34.9 Å². The largest absolute Gasteiger partial charge is 0.292 e. The Labute approximate surface area is 110 Å². The number of carbonyl (C=O) groups is 1. The molecule has 2 nitrogen and oxygen atoms in total. The summed E-state index contributed by atoms with van der Waals surface area (Å²) in [5.74, 6) is 0.243. The fourth-order valence-electron chi connectivity index (χ4n) is 2.66. The van der Waals surface area contributed by atoms with Crippen LogP contribution in [-0.4, -0.2) is 29.3 Å². The van der Waals surface area contributed by atoms with E-state index in [4.69, 9.17) is 0 Å². The first-order valence-electron chi connectivity index (χ1n) is 6.80. The van der Waals surface area contributed by atoms with Crippen LogP contribution in [-0.2, 0) is 0 Å². The number of likely N-dealkylation sites (tertiary alicyclic amines) is 1. The summed E-state index contributed by atoms with van der Waals surface area (Å²) in [6, 6.07) is 6.03. The van der Waals surface area contributed by atoms with Crippen molar-refractivity contribution >= 4 is 5.78 Å². The average Bonchev–Trinajstić information content (AvgIpc) is 2.86. The summed E-state index contributed by atoms with van der Waals surface area (Å²) in [5, 5.41) is 0. The average molecular weight is 245 g/mol. The zero-order chi connectivity index (χ0) is 13.3. The Morgan fingerprint density at radius 3 is 2.28 bits per heavy atom. The summed E-state index contributed by atoms with van der Waals surface area (Å²) in [4.78, 5) is 15.0. The summed E-state index contributed by atoms with van der Waals surface area (Å²) >= 11 is 0. The molecule has 1 fully saturated rings. The van der Waals surface area contributed by atoms with Crippen LogP contribution in [0.3, 0.4) is 0 Å². The van der Waals surface area contributed by atoms with Crippen molar-refractivity contribution < 1.29 is 4.79 Å². The zero-order valence-corrected chi connectivity index (χ0v) is 11.9. The molecule has 98 valence electrons. The molecule has 1 saturated heterocycles. The third-order valence-electron chi connectivity index (χ3n) is 4.22. The Morgan fingerprint density at radius 1 is 1.11 bits per heavy atom. The molecule has 0 amide bonds. The van der Waals surface area contributed by atoms with Crippen LogP contribution in [0.2, 0.25) is 0 Å². The fourth-order valence-corrected chi connectivity index (χ4v) is 2.66. The second-order valence-corrected chi connectivity index (χ2v) is 5.88. The molecule has 2 rings (SSSR count). The van der Waals surface area contributed by atoms with Gasteiger partial charge >= 0.3 is 0 Å². The van der Waals surface area contributed by atoms with Crippen LogP contribution in [0.1, 0.15) is 48.2 Å². The number of nitrogens with zero attached hydrogens (tertiary/aromatic N) is 1. The molecule has 0 aliphatic carbocycles. The first-order valence-corrected chi connectivity index (χ1v) is 6.80. The monoisotopic (exact) mass is 245 g/mol. The minimum atomic E-state index is -0.377. The molecule has 0 saturated carbocycles. The third kappa shape index (κ3) is 2.35. The lowest BCUT2D eigenvalue weighted by Crippen LogP contribution is -2.48. The Kier molecular flexibility index (Phi) is 3.58. The highest BCUT2D eigenvalue weighted by Gasteiger charge is 2.36. The summed E-state index contributed by atoms with van der Waals surface area (Å²) in [6.45, 7) is 10.3. The van der Waals surface area contributed by atoms with Gasteiger partial charge in [-0.3, -0.25) is 9.69 Å². The zero-order valence-electron chi connectivity index (χ0n) is 11.9. The normalized spacial score (nSPS) is 17.1. The van der Waals surface area contributed by atoms with Crippen molar-refractivity contribution in [2.75, 3.05) is 13.1 Å². The Balaban J connectivity index is 2.26. The number of ketones is 1. The number of carbonyl (C=O) groups excluding carboxylic acids is 1. The first kappa shape index (κ1) is 13.3. The van der Waals surface area contributed by atoms with Crippen molar-refractivity contribution in [1.29, 1.82) is 0 Å². The van der Waals surface area contributed by atoms with Crippen molar-refractivity contribution in [1.82, 2.24) is 4.90 Å². The SMILES string of the molecule is Cc1ccc(C(=O)C(C)(C)N2CCCC2)cc1C. The van der Waals surface area contributed by atoms with Crippen LogP contribution < -0.4 is 0 Å². The van der Waals surface area contributed by atoms with Gasteiger partial charge in [0.05, 0.1) is 5.54 Å². The standard InChI is InChI=1S/C16H23NO/c1-12-7-8-14(11-13(12)2)15(18)16(3,4)17-9-5-6-10-17/h7-8,11H,5-6,9-10H2,1-4H3. The second kappa shape index (κ2) is 4.85. The Hall–Kier alpha value is -1.15. The number of aryl methyl sites for hydroxylation is 2. The van der Waals surface area contributed by atoms with Crippen LogP contribution in [0.25, 0.3) is 0 Å². The van der Waals surface area contributed by atoms with E-state index >= 15 is 0 Å². The molecule has 0 bridgehead atoms. The van der Waals surface area contributed by atoms with Crippen molar-refractivity contribution in [2.45, 2.75) is 46.1 Å². The second-order valence-electron chi connectivity index (χ2n) is 5.88. The van der Waals surface area contributed by atoms with Crippen molar-refractivity contribution in [3.8, 4) is 0 Å². The molecule has 1 aliphatic rings. The van der Waals surface area contributed by atoms with Gasteiger partial charge in [-0.1, -0.05) is 12.1 Å². The van der Waals surface area contributed by atoms with Gasteiger partial charge in [0.1, 0.15) is 0 Å². The quantitative estimate of drug-likeness (QED) is 0.761. The molecule has 0 unspecified atom stereocenters. The van der Waals surface area contributed by atoms with Gasteiger partial charge in [0.25, 0.3) is 0 Å². The predicted octanol–water partition coefficient (Wildman–Crippen LogP) is 3.36. The molecule has 1 aromatic rings. The number of hydrogen-bond acceptors (Lipinski definition) is 2. The van der Waals surface area contributed by atoms with Crippen LogP contribution in [0.5, 0.6) is 0 Å². The van der Waals surface area contributed by atoms with E-state index in [9.17, 15) is 4.79 Å². The van der Waals surface area contributed by atoms with Crippen LogP contribution >= 0.6 is 0 Å². The Morgan fingerprint density at radius 2 is 1.72 bits per heavy atom. The summed E-state index contributed by atoms with van der Waals surface area (Å²) in [6.07, 6.45) is 2.42. The molecule has 1 heterocycles. The maximum Gasteiger partial charge on any atom is 0.182 e. The van der Waals surface area contributed by atoms with Gasteiger partial charge < -0.3 is 0 Å². The van der Waals surface area contributed by atoms with Gasteiger partial charge in [-0.2, -0.15) is 0 Å². The molecule has 1 aliphatic heterocycles. The van der Waals surface area contributed by atoms with E-state index < -0.39 is 0 Å². The minimum absolute atomic E-state index is 0.243. The molecule has 0 radical (unpaired) electrons. The van der Waals surface area contributed by atoms with Gasteiger partial charge in [-0.15, -0.1) is 0 Å².